The van der Waals surface area contributed by atoms with E-state index in [2.05, 4.69) is 10.6 Å². The zero-order valence-electron chi connectivity index (χ0n) is 20.0. The Labute approximate surface area is 214 Å². The quantitative estimate of drug-likeness (QED) is 0.278. The van der Waals surface area contributed by atoms with E-state index in [1.165, 1.54) is 0 Å². The van der Waals surface area contributed by atoms with E-state index < -0.39 is 36.5 Å². The first-order chi connectivity index (χ1) is 17.8. The zero-order chi connectivity index (χ0) is 26.6. The highest BCUT2D eigenvalue weighted by Gasteiger charge is 2.22. The van der Waals surface area contributed by atoms with Crippen LogP contribution in [0.1, 0.15) is 33.5 Å². The summed E-state index contributed by atoms with van der Waals surface area (Å²) in [6.07, 6.45) is -2.41. The number of amides is 2. The standard InChI is InChI=1S/C28H28N2O7/c31-23(17-29-28(36)37-18-20-7-3-1-4-8-20)16-25(32)30-24(27(34)35)15-19-11-13-22(14-12-19)26(33)21-9-5-2-6-10-21/h1-14,23-24,31H,15-18H2,(H,29,36)(H,30,32)(H,34,35)/t23-,24-/m1/s1. The molecule has 0 saturated heterocycles. The maximum atomic E-state index is 12.5. The number of carbonyl (C=O) groups excluding carboxylic acids is 3. The Bertz CT molecular complexity index is 1200. The molecular weight excluding hydrogens is 476 g/mol. The smallest absolute Gasteiger partial charge is 0.407 e. The van der Waals surface area contributed by atoms with Crippen molar-refractivity contribution in [1.29, 1.82) is 0 Å². The van der Waals surface area contributed by atoms with Gasteiger partial charge in [-0.3, -0.25) is 9.59 Å². The highest BCUT2D eigenvalue weighted by molar-refractivity contribution is 6.08. The van der Waals surface area contributed by atoms with Crippen molar-refractivity contribution in [2.75, 3.05) is 6.54 Å². The monoisotopic (exact) mass is 504 g/mol. The van der Waals surface area contributed by atoms with Crippen LogP contribution in [0, 0.1) is 0 Å². The number of hydrogen-bond donors (Lipinski definition) is 4. The Balaban J connectivity index is 1.44. The van der Waals surface area contributed by atoms with Crippen molar-refractivity contribution in [2.45, 2.75) is 31.6 Å². The number of alkyl carbamates (subject to hydrolysis) is 1. The maximum Gasteiger partial charge on any atom is 0.407 e. The summed E-state index contributed by atoms with van der Waals surface area (Å²) in [5.74, 6) is -2.08. The highest BCUT2D eigenvalue weighted by Crippen LogP contribution is 2.13. The van der Waals surface area contributed by atoms with Crippen molar-refractivity contribution in [3.05, 3.63) is 107 Å². The average molecular weight is 505 g/mol. The van der Waals surface area contributed by atoms with Gasteiger partial charge >= 0.3 is 12.1 Å². The molecule has 37 heavy (non-hydrogen) atoms. The van der Waals surface area contributed by atoms with Crippen molar-refractivity contribution in [3.63, 3.8) is 0 Å². The number of carbonyl (C=O) groups is 4. The molecular formula is C28H28N2O7. The summed E-state index contributed by atoms with van der Waals surface area (Å²) >= 11 is 0. The lowest BCUT2D eigenvalue weighted by Gasteiger charge is -2.17. The first kappa shape index (κ1) is 27.1. The number of aliphatic hydroxyl groups is 1. The second-order valence-electron chi connectivity index (χ2n) is 8.36. The number of ketones is 1. The van der Waals surface area contributed by atoms with E-state index in [1.807, 2.05) is 24.3 Å². The topological polar surface area (TPSA) is 142 Å². The first-order valence-electron chi connectivity index (χ1n) is 11.7. The Morgan fingerprint density at radius 2 is 1.38 bits per heavy atom. The molecule has 192 valence electrons. The summed E-state index contributed by atoms with van der Waals surface area (Å²) in [6, 6.07) is 23.1. The van der Waals surface area contributed by atoms with Crippen LogP contribution in [0.15, 0.2) is 84.9 Å². The lowest BCUT2D eigenvalue weighted by atomic mass is 9.99. The molecule has 4 N–H and O–H groups in total. The van der Waals surface area contributed by atoms with Crippen LogP contribution in [0.2, 0.25) is 0 Å². The maximum absolute atomic E-state index is 12.5. The molecule has 0 spiro atoms. The summed E-state index contributed by atoms with van der Waals surface area (Å²) in [5, 5.41) is 24.3. The van der Waals surface area contributed by atoms with E-state index in [4.69, 9.17) is 4.74 Å². The zero-order valence-corrected chi connectivity index (χ0v) is 20.0. The minimum absolute atomic E-state index is 0.0129. The van der Waals surface area contributed by atoms with Crippen LogP contribution in [-0.4, -0.2) is 52.7 Å². The second kappa shape index (κ2) is 13.6. The minimum atomic E-state index is -1.24. The van der Waals surface area contributed by atoms with Crippen molar-refractivity contribution in [3.8, 4) is 0 Å². The van der Waals surface area contributed by atoms with Crippen molar-refractivity contribution < 1.29 is 34.1 Å². The van der Waals surface area contributed by atoms with Gasteiger partial charge in [-0.05, 0) is 11.1 Å². The number of nitrogens with one attached hydrogen (secondary N) is 2. The number of carboxylic acid groups (broad SMARTS) is 1. The fraction of sp³-hybridized carbons (Fsp3) is 0.214. The van der Waals surface area contributed by atoms with Crippen LogP contribution in [-0.2, 0) is 27.4 Å². The van der Waals surface area contributed by atoms with E-state index in [1.54, 1.807) is 60.7 Å². The van der Waals surface area contributed by atoms with E-state index in [0.29, 0.717) is 16.7 Å². The third-order valence-electron chi connectivity index (χ3n) is 5.44. The molecule has 0 aliphatic heterocycles. The van der Waals surface area contributed by atoms with Crippen LogP contribution in [0.3, 0.4) is 0 Å². The predicted octanol–water partition coefficient (Wildman–Crippen LogP) is 2.71. The van der Waals surface area contributed by atoms with Gasteiger partial charge in [0.2, 0.25) is 5.91 Å². The molecule has 0 heterocycles. The lowest BCUT2D eigenvalue weighted by molar-refractivity contribution is -0.142. The molecule has 0 unspecified atom stereocenters. The lowest BCUT2D eigenvalue weighted by Crippen LogP contribution is -2.44. The van der Waals surface area contributed by atoms with Crippen molar-refractivity contribution in [1.82, 2.24) is 10.6 Å². The number of aliphatic hydroxyl groups excluding tert-OH is 1. The predicted molar refractivity (Wildman–Crippen MR) is 135 cm³/mol. The number of carboxylic acids is 1. The molecule has 0 bridgehead atoms. The van der Waals surface area contributed by atoms with Gasteiger partial charge in [0.15, 0.2) is 5.78 Å². The third kappa shape index (κ3) is 8.90. The van der Waals surface area contributed by atoms with Crippen LogP contribution in [0.4, 0.5) is 4.79 Å². The Morgan fingerprint density at radius 3 is 2.00 bits per heavy atom. The fourth-order valence-electron chi connectivity index (χ4n) is 3.50. The van der Waals surface area contributed by atoms with Crippen LogP contribution in [0.5, 0.6) is 0 Å². The summed E-state index contributed by atoms with van der Waals surface area (Å²) in [7, 11) is 0. The van der Waals surface area contributed by atoms with Gasteiger partial charge in [0.05, 0.1) is 12.5 Å². The molecule has 9 heteroatoms. The molecule has 3 rings (SSSR count). The summed E-state index contributed by atoms with van der Waals surface area (Å²) in [6.45, 7) is -0.180. The highest BCUT2D eigenvalue weighted by atomic mass is 16.5. The molecule has 0 fully saturated rings. The number of hydrogen-bond acceptors (Lipinski definition) is 6. The SMILES string of the molecule is O=C(C[C@@H](O)CNC(=O)OCc1ccccc1)N[C@H](Cc1ccc(C(=O)c2ccccc2)cc1)C(=O)O. The molecule has 0 saturated carbocycles. The Morgan fingerprint density at radius 1 is 0.784 bits per heavy atom. The van der Waals surface area contributed by atoms with Gasteiger partial charge in [0.25, 0.3) is 0 Å². The minimum Gasteiger partial charge on any atom is -0.480 e. The van der Waals surface area contributed by atoms with E-state index in [0.717, 1.165) is 5.56 Å². The largest absolute Gasteiger partial charge is 0.480 e. The second-order valence-corrected chi connectivity index (χ2v) is 8.36. The normalized spacial score (nSPS) is 12.1. The molecule has 2 amide bonds. The molecule has 3 aromatic carbocycles. The van der Waals surface area contributed by atoms with Crippen molar-refractivity contribution in [2.24, 2.45) is 0 Å². The molecule has 2 atom stereocenters. The number of rotatable bonds is 12. The van der Waals surface area contributed by atoms with E-state index >= 15 is 0 Å². The fourth-order valence-corrected chi connectivity index (χ4v) is 3.50. The first-order valence-corrected chi connectivity index (χ1v) is 11.7. The Kier molecular flexibility index (Phi) is 9.92. The van der Waals surface area contributed by atoms with Crippen LogP contribution < -0.4 is 10.6 Å². The Hall–Kier alpha value is -4.50. The number of benzene rings is 3. The van der Waals surface area contributed by atoms with Gasteiger partial charge < -0.3 is 25.6 Å². The van der Waals surface area contributed by atoms with Gasteiger partial charge in [-0.2, -0.15) is 0 Å². The number of aliphatic carboxylic acids is 1. The molecule has 9 nitrogen and oxygen atoms in total. The molecule has 0 radical (unpaired) electrons. The molecule has 0 aliphatic rings. The molecule has 0 aromatic heterocycles. The van der Waals surface area contributed by atoms with Gasteiger partial charge in [0.1, 0.15) is 12.6 Å². The van der Waals surface area contributed by atoms with Gasteiger partial charge in [-0.25, -0.2) is 9.59 Å². The van der Waals surface area contributed by atoms with E-state index in [9.17, 15) is 29.4 Å². The average Bonchev–Trinajstić information content (AvgIpc) is 2.91. The van der Waals surface area contributed by atoms with Gasteiger partial charge in [-0.15, -0.1) is 0 Å². The molecule has 3 aromatic rings. The number of ether oxygens (including phenoxy) is 1. The summed E-state index contributed by atoms with van der Waals surface area (Å²) in [5.41, 5.74) is 2.42. The van der Waals surface area contributed by atoms with E-state index in [-0.39, 0.29) is 25.4 Å². The van der Waals surface area contributed by atoms with Crippen LogP contribution >= 0.6 is 0 Å². The molecule has 0 aliphatic carbocycles. The van der Waals surface area contributed by atoms with Gasteiger partial charge in [0, 0.05) is 24.1 Å². The van der Waals surface area contributed by atoms with Crippen LogP contribution in [0.25, 0.3) is 0 Å². The summed E-state index contributed by atoms with van der Waals surface area (Å²) < 4.78 is 5.03. The third-order valence-corrected chi connectivity index (χ3v) is 5.44. The van der Waals surface area contributed by atoms with Crippen molar-refractivity contribution >= 4 is 23.8 Å². The van der Waals surface area contributed by atoms with Gasteiger partial charge in [-0.1, -0.05) is 84.9 Å². The summed E-state index contributed by atoms with van der Waals surface area (Å²) in [4.78, 5) is 48.3.